The molecule has 2 heterocycles. The van der Waals surface area contributed by atoms with Gasteiger partial charge in [0.05, 0.1) is 10.4 Å². The molecule has 0 amide bonds. The second-order valence-corrected chi connectivity index (χ2v) is 10.6. The number of aromatic nitrogens is 1. The number of aromatic hydroxyl groups is 1. The van der Waals surface area contributed by atoms with Crippen LogP contribution in [0.25, 0.3) is 10.9 Å². The predicted octanol–water partition coefficient (Wildman–Crippen LogP) is 4.81. The number of fused-ring (bicyclic) bond motifs is 1. The molecule has 0 aliphatic carbocycles. The van der Waals surface area contributed by atoms with Crippen molar-refractivity contribution in [2.75, 3.05) is 13.6 Å². The van der Waals surface area contributed by atoms with Gasteiger partial charge < -0.3 is 10.0 Å². The van der Waals surface area contributed by atoms with Crippen LogP contribution in [0, 0.1) is 0 Å². The molecule has 5 rings (SSSR count). The molecule has 1 aliphatic rings. The predicted molar refractivity (Wildman–Crippen MR) is 131 cm³/mol. The van der Waals surface area contributed by atoms with Crippen LogP contribution in [0.2, 0.25) is 0 Å². The smallest absolute Gasteiger partial charge is 0.268 e. The first-order chi connectivity index (χ1) is 15.9. The van der Waals surface area contributed by atoms with Crippen molar-refractivity contribution in [3.63, 3.8) is 0 Å². The molecule has 5 nitrogen and oxygen atoms in total. The Balaban J connectivity index is 1.78. The molecule has 1 atom stereocenters. The lowest BCUT2D eigenvalue weighted by atomic mass is 9.98. The summed E-state index contributed by atoms with van der Waals surface area (Å²) in [7, 11) is -1.70. The van der Waals surface area contributed by atoms with E-state index in [2.05, 4.69) is 11.9 Å². The lowest BCUT2D eigenvalue weighted by Gasteiger charge is -2.20. The molecule has 0 spiro atoms. The molecular weight excluding hydrogens is 432 g/mol. The number of benzene rings is 3. The highest BCUT2D eigenvalue weighted by atomic mass is 32.2. The van der Waals surface area contributed by atoms with E-state index in [1.54, 1.807) is 42.5 Å². The first-order valence-electron chi connectivity index (χ1n) is 11.3. The van der Waals surface area contributed by atoms with Crippen molar-refractivity contribution in [2.45, 2.75) is 36.6 Å². The summed E-state index contributed by atoms with van der Waals surface area (Å²) in [5, 5.41) is 11.1. The third-order valence-electron chi connectivity index (χ3n) is 6.72. The lowest BCUT2D eigenvalue weighted by Crippen LogP contribution is -2.27. The van der Waals surface area contributed by atoms with Gasteiger partial charge in [-0.15, -0.1) is 0 Å². The first-order valence-corrected chi connectivity index (χ1v) is 12.8. The number of likely N-dealkylation sites (N-methyl/N-ethyl adjacent to an activating group) is 1. The topological polar surface area (TPSA) is 62.5 Å². The minimum atomic E-state index is -3.83. The van der Waals surface area contributed by atoms with Crippen LogP contribution in [-0.2, 0) is 22.9 Å². The van der Waals surface area contributed by atoms with Gasteiger partial charge in [0.1, 0.15) is 5.75 Å². The van der Waals surface area contributed by atoms with Gasteiger partial charge in [0, 0.05) is 23.5 Å². The second kappa shape index (κ2) is 8.69. The summed E-state index contributed by atoms with van der Waals surface area (Å²) in [6.45, 7) is 1.05. The SMILES string of the molecule is CN1CCC[C@@H]1Cc1c(Cc2ccccc2)n(S(=O)(=O)c2ccccc2)c2ccc(O)cc12. The highest BCUT2D eigenvalue weighted by Gasteiger charge is 2.30. The van der Waals surface area contributed by atoms with Gasteiger partial charge in [-0.2, -0.15) is 0 Å². The molecular formula is C27H28N2O3S. The molecule has 1 aromatic heterocycles. The highest BCUT2D eigenvalue weighted by molar-refractivity contribution is 7.90. The Morgan fingerprint density at radius 2 is 1.67 bits per heavy atom. The van der Waals surface area contributed by atoms with Crippen molar-refractivity contribution in [1.82, 2.24) is 8.87 Å². The zero-order valence-corrected chi connectivity index (χ0v) is 19.5. The van der Waals surface area contributed by atoms with E-state index in [9.17, 15) is 13.5 Å². The summed E-state index contributed by atoms with van der Waals surface area (Å²) in [5.74, 6) is 0.143. The summed E-state index contributed by atoms with van der Waals surface area (Å²) in [5.41, 5.74) is 3.43. The van der Waals surface area contributed by atoms with E-state index in [1.807, 2.05) is 36.4 Å². The molecule has 1 saturated heterocycles. The van der Waals surface area contributed by atoms with Crippen molar-refractivity contribution in [1.29, 1.82) is 0 Å². The number of hydrogen-bond acceptors (Lipinski definition) is 4. The van der Waals surface area contributed by atoms with E-state index >= 15 is 0 Å². The number of phenolic OH excluding ortho intramolecular Hbond substituents is 1. The molecule has 0 unspecified atom stereocenters. The van der Waals surface area contributed by atoms with Crippen molar-refractivity contribution in [3.8, 4) is 5.75 Å². The third-order valence-corrected chi connectivity index (χ3v) is 8.49. The molecule has 1 fully saturated rings. The summed E-state index contributed by atoms with van der Waals surface area (Å²) < 4.78 is 29.4. The van der Waals surface area contributed by atoms with Gasteiger partial charge in [-0.05, 0) is 74.3 Å². The van der Waals surface area contributed by atoms with E-state index in [-0.39, 0.29) is 10.6 Å². The second-order valence-electron chi connectivity index (χ2n) is 8.85. The van der Waals surface area contributed by atoms with Crippen molar-refractivity contribution >= 4 is 20.9 Å². The molecule has 0 saturated carbocycles. The van der Waals surface area contributed by atoms with Crippen LogP contribution in [-0.4, -0.2) is 42.0 Å². The Labute approximate surface area is 195 Å². The Hall–Kier alpha value is -3.09. The molecule has 33 heavy (non-hydrogen) atoms. The van der Waals surface area contributed by atoms with Gasteiger partial charge in [-0.1, -0.05) is 48.5 Å². The average Bonchev–Trinajstić information content (AvgIpc) is 3.36. The van der Waals surface area contributed by atoms with Crippen LogP contribution in [0.4, 0.5) is 0 Å². The maximum atomic E-state index is 13.9. The van der Waals surface area contributed by atoms with Crippen LogP contribution in [0.5, 0.6) is 5.75 Å². The monoisotopic (exact) mass is 460 g/mol. The van der Waals surface area contributed by atoms with Crippen molar-refractivity contribution < 1.29 is 13.5 Å². The van der Waals surface area contributed by atoms with Crippen LogP contribution in [0.15, 0.2) is 83.8 Å². The minimum absolute atomic E-state index is 0.143. The fourth-order valence-corrected chi connectivity index (χ4v) is 6.60. The number of nitrogens with zero attached hydrogens (tertiary/aromatic N) is 2. The van der Waals surface area contributed by atoms with Crippen molar-refractivity contribution in [3.05, 3.63) is 95.7 Å². The average molecular weight is 461 g/mol. The van der Waals surface area contributed by atoms with E-state index in [1.165, 1.54) is 3.97 Å². The Bertz CT molecular complexity index is 1380. The van der Waals surface area contributed by atoms with Crippen LogP contribution >= 0.6 is 0 Å². The molecule has 4 aromatic rings. The van der Waals surface area contributed by atoms with E-state index in [4.69, 9.17) is 0 Å². The number of hydrogen-bond donors (Lipinski definition) is 1. The summed E-state index contributed by atoms with van der Waals surface area (Å²) in [6.07, 6.45) is 3.46. The largest absolute Gasteiger partial charge is 0.508 e. The standard InChI is InChI=1S/C27H28N2O3S/c1-28-16-8-11-21(28)18-24-25-19-22(30)14-15-26(25)29(27(24)17-20-9-4-2-5-10-20)33(31,32)23-12-6-3-7-13-23/h2-7,9-10,12-15,19,21,30H,8,11,16-18H2,1H3/t21-/m1/s1. The Morgan fingerprint density at radius 1 is 0.970 bits per heavy atom. The van der Waals surface area contributed by atoms with Gasteiger partial charge >= 0.3 is 0 Å². The lowest BCUT2D eigenvalue weighted by molar-refractivity contribution is 0.309. The van der Waals surface area contributed by atoms with Crippen LogP contribution in [0.1, 0.15) is 29.7 Å². The van der Waals surface area contributed by atoms with Crippen LogP contribution in [0.3, 0.4) is 0 Å². The zero-order valence-electron chi connectivity index (χ0n) is 18.7. The highest BCUT2D eigenvalue weighted by Crippen LogP contribution is 2.36. The summed E-state index contributed by atoms with van der Waals surface area (Å²) in [6, 6.07) is 23.9. The number of rotatable bonds is 6. The zero-order chi connectivity index (χ0) is 23.0. The number of likely N-dealkylation sites (tertiary alicyclic amines) is 1. The molecule has 3 aromatic carbocycles. The van der Waals surface area contributed by atoms with E-state index < -0.39 is 10.0 Å². The minimum Gasteiger partial charge on any atom is -0.508 e. The maximum absolute atomic E-state index is 13.9. The Morgan fingerprint density at radius 3 is 2.33 bits per heavy atom. The van der Waals surface area contributed by atoms with Gasteiger partial charge in [-0.25, -0.2) is 12.4 Å². The fraction of sp³-hybridized carbons (Fsp3) is 0.259. The molecule has 0 bridgehead atoms. The first kappa shape index (κ1) is 21.7. The van der Waals surface area contributed by atoms with E-state index in [0.29, 0.717) is 18.0 Å². The van der Waals surface area contributed by atoms with Gasteiger partial charge in [0.2, 0.25) is 0 Å². The normalized spacial score (nSPS) is 17.1. The van der Waals surface area contributed by atoms with Gasteiger partial charge in [0.15, 0.2) is 0 Å². The van der Waals surface area contributed by atoms with Crippen LogP contribution < -0.4 is 0 Å². The molecule has 0 radical (unpaired) electrons. The fourth-order valence-electron chi connectivity index (χ4n) is 5.01. The number of phenols is 1. The van der Waals surface area contributed by atoms with Crippen molar-refractivity contribution in [2.24, 2.45) is 0 Å². The molecule has 170 valence electrons. The molecule has 6 heteroatoms. The van der Waals surface area contributed by atoms with Gasteiger partial charge in [0.25, 0.3) is 10.0 Å². The summed E-state index contributed by atoms with van der Waals surface area (Å²) >= 11 is 0. The maximum Gasteiger partial charge on any atom is 0.268 e. The van der Waals surface area contributed by atoms with Gasteiger partial charge in [-0.3, -0.25) is 0 Å². The van der Waals surface area contributed by atoms with E-state index in [0.717, 1.165) is 48.0 Å². The summed E-state index contributed by atoms with van der Waals surface area (Å²) in [4.78, 5) is 2.61. The third kappa shape index (κ3) is 4.05. The molecule has 1 aliphatic heterocycles. The quantitative estimate of drug-likeness (QED) is 0.449. The Kier molecular flexibility index (Phi) is 5.72. The molecule has 1 N–H and O–H groups in total.